The molecule has 0 bridgehead atoms. The molecule has 0 aromatic heterocycles. The quantitative estimate of drug-likeness (QED) is 0.392. The molecule has 0 unspecified atom stereocenters. The molecular weight excluding hydrogens is 256 g/mol. The number of rotatable bonds is 10. The van der Waals surface area contributed by atoms with Gasteiger partial charge < -0.3 is 10.1 Å². The van der Waals surface area contributed by atoms with Crippen LogP contribution in [0.3, 0.4) is 0 Å². The number of ether oxygens (including phenoxy) is 1. The zero-order valence-electron chi connectivity index (χ0n) is 12.4. The minimum atomic E-state index is -0.400. The number of para-hydroxylation sites is 1. The van der Waals surface area contributed by atoms with Crippen LogP contribution >= 0.6 is 0 Å². The second-order valence-corrected chi connectivity index (χ2v) is 4.78. The Morgan fingerprint density at radius 2 is 1.90 bits per heavy atom. The van der Waals surface area contributed by atoms with E-state index in [1.807, 2.05) is 0 Å². The first kappa shape index (κ1) is 16.3. The minimum Gasteiger partial charge on any atom is -0.487 e. The van der Waals surface area contributed by atoms with Crippen LogP contribution in [0, 0.1) is 10.1 Å². The van der Waals surface area contributed by atoms with Crippen LogP contribution in [0.5, 0.6) is 5.75 Å². The van der Waals surface area contributed by atoms with Gasteiger partial charge >= 0.3 is 5.69 Å². The van der Waals surface area contributed by atoms with Crippen molar-refractivity contribution < 1.29 is 9.66 Å². The van der Waals surface area contributed by atoms with Crippen LogP contribution in [0.1, 0.15) is 45.4 Å². The number of hydrogen-bond acceptors (Lipinski definition) is 4. The standard InChI is InChI=1S/C15H24N2O3/c1-3-4-5-6-7-8-12-20-14-11-9-10-13(16-2)15(14)17(18)19/h9-11,16H,3-8,12H2,1-2H3. The summed E-state index contributed by atoms with van der Waals surface area (Å²) in [6.45, 7) is 2.72. The Labute approximate surface area is 120 Å². The van der Waals surface area contributed by atoms with Crippen LogP contribution < -0.4 is 10.1 Å². The molecule has 0 saturated carbocycles. The van der Waals surface area contributed by atoms with Crippen molar-refractivity contribution in [3.8, 4) is 5.75 Å². The third-order valence-corrected chi connectivity index (χ3v) is 3.21. The maximum absolute atomic E-state index is 11.1. The molecule has 5 heteroatoms. The van der Waals surface area contributed by atoms with Crippen molar-refractivity contribution in [2.75, 3.05) is 19.0 Å². The van der Waals surface area contributed by atoms with Crippen LogP contribution in [-0.4, -0.2) is 18.6 Å². The number of nitrogens with zero attached hydrogens (tertiary/aromatic N) is 1. The van der Waals surface area contributed by atoms with Gasteiger partial charge in [0.05, 0.1) is 11.5 Å². The summed E-state index contributed by atoms with van der Waals surface area (Å²) in [4.78, 5) is 10.7. The molecule has 0 radical (unpaired) electrons. The minimum absolute atomic E-state index is 0.0148. The summed E-state index contributed by atoms with van der Waals surface area (Å²) < 4.78 is 5.57. The molecule has 1 aromatic rings. The molecule has 0 amide bonds. The zero-order valence-corrected chi connectivity index (χ0v) is 12.4. The van der Waals surface area contributed by atoms with Gasteiger partial charge in [-0.2, -0.15) is 0 Å². The van der Waals surface area contributed by atoms with Crippen LogP contribution in [0.15, 0.2) is 18.2 Å². The molecule has 1 N–H and O–H groups in total. The van der Waals surface area contributed by atoms with Crippen LogP contribution in [-0.2, 0) is 0 Å². The van der Waals surface area contributed by atoms with E-state index < -0.39 is 4.92 Å². The first-order valence-electron chi connectivity index (χ1n) is 7.28. The number of hydrogen-bond donors (Lipinski definition) is 1. The number of nitro benzene ring substituents is 1. The van der Waals surface area contributed by atoms with Gasteiger partial charge in [0.25, 0.3) is 0 Å². The summed E-state index contributed by atoms with van der Waals surface area (Å²) >= 11 is 0. The van der Waals surface area contributed by atoms with Gasteiger partial charge in [0.1, 0.15) is 5.69 Å². The average Bonchev–Trinajstić information content (AvgIpc) is 2.45. The number of nitro groups is 1. The fourth-order valence-electron chi connectivity index (χ4n) is 2.09. The molecule has 1 rings (SSSR count). The summed E-state index contributed by atoms with van der Waals surface area (Å²) in [5, 5.41) is 13.9. The largest absolute Gasteiger partial charge is 0.487 e. The molecule has 20 heavy (non-hydrogen) atoms. The normalized spacial score (nSPS) is 10.3. The molecule has 0 saturated heterocycles. The molecule has 112 valence electrons. The van der Waals surface area contributed by atoms with E-state index in [0.717, 1.165) is 12.8 Å². The Morgan fingerprint density at radius 1 is 1.20 bits per heavy atom. The third kappa shape index (κ3) is 5.07. The SMILES string of the molecule is CCCCCCCCOc1cccc(NC)c1[N+](=O)[O-]. The zero-order chi connectivity index (χ0) is 14.8. The van der Waals surface area contributed by atoms with Crippen molar-refractivity contribution in [2.45, 2.75) is 45.4 Å². The summed E-state index contributed by atoms with van der Waals surface area (Å²) in [5.41, 5.74) is 0.497. The first-order valence-corrected chi connectivity index (χ1v) is 7.28. The van der Waals surface area contributed by atoms with Crippen molar-refractivity contribution in [1.82, 2.24) is 0 Å². The van der Waals surface area contributed by atoms with E-state index in [1.54, 1.807) is 25.2 Å². The molecule has 0 fully saturated rings. The second kappa shape index (κ2) is 9.18. The van der Waals surface area contributed by atoms with Gasteiger partial charge in [-0.05, 0) is 18.6 Å². The van der Waals surface area contributed by atoms with Gasteiger partial charge in [0.15, 0.2) is 5.75 Å². The maximum atomic E-state index is 11.1. The van der Waals surface area contributed by atoms with Crippen molar-refractivity contribution in [1.29, 1.82) is 0 Å². The molecule has 0 heterocycles. The Morgan fingerprint density at radius 3 is 2.55 bits per heavy atom. The predicted octanol–water partition coefficient (Wildman–Crippen LogP) is 4.38. The molecule has 0 atom stereocenters. The van der Waals surface area contributed by atoms with Gasteiger partial charge in [-0.3, -0.25) is 10.1 Å². The summed E-state index contributed by atoms with van der Waals surface area (Å²) in [7, 11) is 1.67. The summed E-state index contributed by atoms with van der Waals surface area (Å²) in [6.07, 6.45) is 7.02. The molecule has 1 aromatic carbocycles. The Hall–Kier alpha value is -1.78. The Bertz CT molecular complexity index is 422. The highest BCUT2D eigenvalue weighted by Crippen LogP contribution is 2.34. The lowest BCUT2D eigenvalue weighted by molar-refractivity contribution is -0.384. The van der Waals surface area contributed by atoms with E-state index in [4.69, 9.17) is 4.74 Å². The van der Waals surface area contributed by atoms with Gasteiger partial charge in [0, 0.05) is 7.05 Å². The molecule has 0 spiro atoms. The maximum Gasteiger partial charge on any atom is 0.333 e. The topological polar surface area (TPSA) is 64.4 Å². The number of nitrogens with one attached hydrogen (secondary N) is 1. The molecule has 5 nitrogen and oxygen atoms in total. The predicted molar refractivity (Wildman–Crippen MR) is 81.5 cm³/mol. The van der Waals surface area contributed by atoms with E-state index in [-0.39, 0.29) is 5.69 Å². The highest BCUT2D eigenvalue weighted by molar-refractivity contribution is 5.68. The van der Waals surface area contributed by atoms with Crippen LogP contribution in [0.25, 0.3) is 0 Å². The van der Waals surface area contributed by atoms with Gasteiger partial charge in [-0.15, -0.1) is 0 Å². The lowest BCUT2D eigenvalue weighted by Crippen LogP contribution is -2.03. The van der Waals surface area contributed by atoms with Gasteiger partial charge in [-0.25, -0.2) is 0 Å². The lowest BCUT2D eigenvalue weighted by atomic mass is 10.1. The first-order chi connectivity index (χ1) is 9.70. The van der Waals surface area contributed by atoms with Gasteiger partial charge in [0.2, 0.25) is 0 Å². The van der Waals surface area contributed by atoms with Crippen molar-refractivity contribution in [3.63, 3.8) is 0 Å². The van der Waals surface area contributed by atoms with E-state index in [1.165, 1.54) is 25.7 Å². The number of unbranched alkanes of at least 4 members (excludes halogenated alkanes) is 5. The highest BCUT2D eigenvalue weighted by Gasteiger charge is 2.19. The van der Waals surface area contributed by atoms with Crippen LogP contribution in [0.2, 0.25) is 0 Å². The monoisotopic (exact) mass is 280 g/mol. The molecule has 0 aliphatic carbocycles. The van der Waals surface area contributed by atoms with E-state index in [9.17, 15) is 10.1 Å². The van der Waals surface area contributed by atoms with Crippen molar-refractivity contribution in [2.24, 2.45) is 0 Å². The summed E-state index contributed by atoms with van der Waals surface area (Å²) in [5.74, 6) is 0.343. The number of benzene rings is 1. The molecule has 0 aliphatic rings. The fourth-order valence-corrected chi connectivity index (χ4v) is 2.09. The van der Waals surface area contributed by atoms with Crippen molar-refractivity contribution in [3.05, 3.63) is 28.3 Å². The van der Waals surface area contributed by atoms with Crippen LogP contribution in [0.4, 0.5) is 11.4 Å². The lowest BCUT2D eigenvalue weighted by Gasteiger charge is -2.09. The molecule has 0 aliphatic heterocycles. The summed E-state index contributed by atoms with van der Waals surface area (Å²) in [6, 6.07) is 5.08. The second-order valence-electron chi connectivity index (χ2n) is 4.78. The van der Waals surface area contributed by atoms with Crippen molar-refractivity contribution >= 4 is 11.4 Å². The van der Waals surface area contributed by atoms with Gasteiger partial charge in [-0.1, -0.05) is 45.1 Å². The van der Waals surface area contributed by atoms with E-state index in [0.29, 0.717) is 18.0 Å². The van der Waals surface area contributed by atoms with E-state index in [2.05, 4.69) is 12.2 Å². The Kier molecular flexibility index (Phi) is 7.47. The molecular formula is C15H24N2O3. The Balaban J connectivity index is 2.45. The van der Waals surface area contributed by atoms with E-state index >= 15 is 0 Å². The highest BCUT2D eigenvalue weighted by atomic mass is 16.6. The third-order valence-electron chi connectivity index (χ3n) is 3.21. The fraction of sp³-hybridized carbons (Fsp3) is 0.600. The smallest absolute Gasteiger partial charge is 0.333 e. The number of anilines is 1. The average molecular weight is 280 g/mol.